The van der Waals surface area contributed by atoms with E-state index >= 15 is 0 Å². The minimum atomic E-state index is -0.0536. The van der Waals surface area contributed by atoms with Crippen LogP contribution in [0.4, 0.5) is 0 Å². The summed E-state index contributed by atoms with van der Waals surface area (Å²) < 4.78 is 11.0. The van der Waals surface area contributed by atoms with Crippen molar-refractivity contribution in [2.75, 3.05) is 20.3 Å². The number of carbonyl (C=O) groups is 1. The van der Waals surface area contributed by atoms with Gasteiger partial charge < -0.3 is 14.4 Å². The van der Waals surface area contributed by atoms with Crippen LogP contribution in [0.2, 0.25) is 0 Å². The van der Waals surface area contributed by atoms with Gasteiger partial charge in [0.25, 0.3) is 5.91 Å². The maximum absolute atomic E-state index is 12.2. The van der Waals surface area contributed by atoms with Gasteiger partial charge in [0.15, 0.2) is 6.61 Å². The highest BCUT2D eigenvalue weighted by Crippen LogP contribution is 2.16. The minimum absolute atomic E-state index is 0.0401. The smallest absolute Gasteiger partial charge is 0.260 e. The molecule has 122 valence electrons. The highest BCUT2D eigenvalue weighted by Gasteiger charge is 2.11. The van der Waals surface area contributed by atoms with Gasteiger partial charge in [0, 0.05) is 13.6 Å². The molecule has 0 atom stereocenters. The first-order chi connectivity index (χ1) is 11.1. The Morgan fingerprint density at radius 1 is 1.04 bits per heavy atom. The molecule has 0 N–H and O–H groups in total. The summed E-state index contributed by atoms with van der Waals surface area (Å²) >= 11 is 0. The van der Waals surface area contributed by atoms with Gasteiger partial charge in [0.1, 0.15) is 11.5 Å². The van der Waals surface area contributed by atoms with Gasteiger partial charge in [-0.1, -0.05) is 30.3 Å². The summed E-state index contributed by atoms with van der Waals surface area (Å²) in [6.45, 7) is 5.15. The van der Waals surface area contributed by atoms with Crippen LogP contribution < -0.4 is 9.47 Å². The van der Waals surface area contributed by atoms with Crippen molar-refractivity contribution in [1.29, 1.82) is 0 Å². The van der Waals surface area contributed by atoms with Gasteiger partial charge in [-0.3, -0.25) is 4.79 Å². The molecule has 0 saturated heterocycles. The molecule has 0 spiro atoms. The van der Waals surface area contributed by atoms with Crippen molar-refractivity contribution in [3.05, 3.63) is 59.7 Å². The van der Waals surface area contributed by atoms with Crippen LogP contribution in [-0.4, -0.2) is 31.1 Å². The highest BCUT2D eigenvalue weighted by atomic mass is 16.5. The molecule has 0 unspecified atom stereocenters. The van der Waals surface area contributed by atoms with Crippen molar-refractivity contribution in [2.24, 2.45) is 0 Å². The Balaban J connectivity index is 1.86. The summed E-state index contributed by atoms with van der Waals surface area (Å²) in [7, 11) is 1.78. The standard InChI is InChI=1S/C19H23NO3/c1-4-22-17-11-9-16(10-12-17)13-20(3)19(21)14-23-18-8-6-5-7-15(18)2/h5-12H,4,13-14H2,1-3H3. The lowest BCUT2D eigenvalue weighted by atomic mass is 10.2. The zero-order valence-electron chi connectivity index (χ0n) is 13.9. The second-order valence-electron chi connectivity index (χ2n) is 5.38. The third-order valence-electron chi connectivity index (χ3n) is 3.52. The van der Waals surface area contributed by atoms with Gasteiger partial charge in [-0.25, -0.2) is 0 Å². The van der Waals surface area contributed by atoms with Crippen LogP contribution in [-0.2, 0) is 11.3 Å². The molecule has 0 aliphatic rings. The van der Waals surface area contributed by atoms with Gasteiger partial charge in [-0.2, -0.15) is 0 Å². The molecule has 2 aromatic rings. The molecule has 4 nitrogen and oxygen atoms in total. The van der Waals surface area contributed by atoms with Crippen molar-refractivity contribution >= 4 is 5.91 Å². The molecule has 0 bridgehead atoms. The Kier molecular flexibility index (Phi) is 6.03. The third kappa shape index (κ3) is 5.02. The Morgan fingerprint density at radius 2 is 1.74 bits per heavy atom. The number of nitrogens with zero attached hydrogens (tertiary/aromatic N) is 1. The number of rotatable bonds is 7. The van der Waals surface area contributed by atoms with Crippen LogP contribution >= 0.6 is 0 Å². The Bertz CT molecular complexity index is 637. The number of amides is 1. The molecule has 23 heavy (non-hydrogen) atoms. The molecule has 1 amide bonds. The van der Waals surface area contributed by atoms with E-state index in [4.69, 9.17) is 9.47 Å². The van der Waals surface area contributed by atoms with E-state index in [1.165, 1.54) is 0 Å². The molecule has 0 aliphatic carbocycles. The summed E-state index contributed by atoms with van der Waals surface area (Å²) in [6, 6.07) is 15.5. The quantitative estimate of drug-likeness (QED) is 0.786. The average Bonchev–Trinajstić information content (AvgIpc) is 2.56. The number of para-hydroxylation sites is 1. The first-order valence-corrected chi connectivity index (χ1v) is 7.74. The second kappa shape index (κ2) is 8.22. The Hall–Kier alpha value is -2.49. The predicted octanol–water partition coefficient (Wildman–Crippen LogP) is 3.43. The van der Waals surface area contributed by atoms with E-state index in [0.717, 1.165) is 22.6 Å². The third-order valence-corrected chi connectivity index (χ3v) is 3.52. The molecule has 0 aromatic heterocycles. The summed E-state index contributed by atoms with van der Waals surface area (Å²) in [5.41, 5.74) is 2.08. The van der Waals surface area contributed by atoms with Gasteiger partial charge in [0.2, 0.25) is 0 Å². The lowest BCUT2D eigenvalue weighted by Crippen LogP contribution is -2.31. The van der Waals surface area contributed by atoms with Gasteiger partial charge in [0.05, 0.1) is 6.61 Å². The van der Waals surface area contributed by atoms with E-state index in [9.17, 15) is 4.79 Å². The predicted molar refractivity (Wildman–Crippen MR) is 90.8 cm³/mol. The van der Waals surface area contributed by atoms with E-state index in [0.29, 0.717) is 13.2 Å². The van der Waals surface area contributed by atoms with Crippen molar-refractivity contribution in [1.82, 2.24) is 4.90 Å². The van der Waals surface area contributed by atoms with Crippen molar-refractivity contribution in [3.8, 4) is 11.5 Å². The monoisotopic (exact) mass is 313 g/mol. The molecule has 0 heterocycles. The van der Waals surface area contributed by atoms with Gasteiger partial charge >= 0.3 is 0 Å². The number of hydrogen-bond donors (Lipinski definition) is 0. The number of benzene rings is 2. The number of likely N-dealkylation sites (N-methyl/N-ethyl adjacent to an activating group) is 1. The second-order valence-corrected chi connectivity index (χ2v) is 5.38. The highest BCUT2D eigenvalue weighted by molar-refractivity contribution is 5.77. The van der Waals surface area contributed by atoms with Crippen molar-refractivity contribution < 1.29 is 14.3 Å². The zero-order valence-corrected chi connectivity index (χ0v) is 13.9. The fourth-order valence-corrected chi connectivity index (χ4v) is 2.19. The fraction of sp³-hybridized carbons (Fsp3) is 0.316. The Labute approximate surface area is 137 Å². The molecule has 2 rings (SSSR count). The van der Waals surface area contributed by atoms with Gasteiger partial charge in [-0.15, -0.1) is 0 Å². The number of ether oxygens (including phenoxy) is 2. The lowest BCUT2D eigenvalue weighted by Gasteiger charge is -2.18. The molecule has 0 radical (unpaired) electrons. The minimum Gasteiger partial charge on any atom is -0.494 e. The van der Waals surface area contributed by atoms with Crippen LogP contribution in [0, 0.1) is 6.92 Å². The molecule has 4 heteroatoms. The topological polar surface area (TPSA) is 38.8 Å². The normalized spacial score (nSPS) is 10.2. The fourth-order valence-electron chi connectivity index (χ4n) is 2.19. The van der Waals surface area contributed by atoms with Crippen LogP contribution in [0.3, 0.4) is 0 Å². The largest absolute Gasteiger partial charge is 0.494 e. The van der Waals surface area contributed by atoms with Crippen molar-refractivity contribution in [3.63, 3.8) is 0 Å². The number of aryl methyl sites for hydroxylation is 1. The lowest BCUT2D eigenvalue weighted by molar-refractivity contribution is -0.132. The Morgan fingerprint density at radius 3 is 2.39 bits per heavy atom. The molecule has 0 saturated carbocycles. The SMILES string of the molecule is CCOc1ccc(CN(C)C(=O)COc2ccccc2C)cc1. The molecule has 0 fully saturated rings. The molecule has 2 aromatic carbocycles. The zero-order chi connectivity index (χ0) is 16.7. The average molecular weight is 313 g/mol. The summed E-state index contributed by atoms with van der Waals surface area (Å²) in [5.74, 6) is 1.53. The van der Waals surface area contributed by atoms with E-state index in [2.05, 4.69) is 0 Å². The number of carbonyl (C=O) groups excluding carboxylic acids is 1. The van der Waals surface area contributed by atoms with E-state index < -0.39 is 0 Å². The van der Waals surface area contributed by atoms with Crippen molar-refractivity contribution in [2.45, 2.75) is 20.4 Å². The number of hydrogen-bond acceptors (Lipinski definition) is 3. The first-order valence-electron chi connectivity index (χ1n) is 7.74. The maximum Gasteiger partial charge on any atom is 0.260 e. The van der Waals surface area contributed by atoms with Crippen LogP contribution in [0.15, 0.2) is 48.5 Å². The van der Waals surface area contributed by atoms with Crippen LogP contribution in [0.5, 0.6) is 11.5 Å². The van der Waals surface area contributed by atoms with E-state index in [1.807, 2.05) is 62.4 Å². The molecular formula is C19H23NO3. The molecule has 0 aliphatic heterocycles. The molecular weight excluding hydrogens is 290 g/mol. The summed E-state index contributed by atoms with van der Waals surface area (Å²) in [6.07, 6.45) is 0. The van der Waals surface area contributed by atoms with Crippen LogP contribution in [0.25, 0.3) is 0 Å². The van der Waals surface area contributed by atoms with Crippen LogP contribution in [0.1, 0.15) is 18.1 Å². The van der Waals surface area contributed by atoms with Gasteiger partial charge in [-0.05, 0) is 43.2 Å². The van der Waals surface area contributed by atoms with E-state index in [-0.39, 0.29) is 12.5 Å². The maximum atomic E-state index is 12.2. The summed E-state index contributed by atoms with van der Waals surface area (Å²) in [4.78, 5) is 13.8. The summed E-state index contributed by atoms with van der Waals surface area (Å²) in [5, 5.41) is 0. The first kappa shape index (κ1) is 16.9. The van der Waals surface area contributed by atoms with E-state index in [1.54, 1.807) is 11.9 Å².